The largest absolute Gasteiger partial charge is 0.480 e. The lowest BCUT2D eigenvalue weighted by atomic mass is 10.0. The van der Waals surface area contributed by atoms with Gasteiger partial charge in [-0.05, 0) is 12.5 Å². The third kappa shape index (κ3) is 3.44. The van der Waals surface area contributed by atoms with Gasteiger partial charge in [0.1, 0.15) is 6.54 Å². The molecular formula is C14H15N3O3. The predicted octanol–water partition coefficient (Wildman–Crippen LogP) is 1.71. The number of hydrogen-bond acceptors (Lipinski definition) is 3. The Hall–Kier alpha value is -2.63. The fraction of sp³-hybridized carbons (Fsp3) is 0.214. The Morgan fingerprint density at radius 1 is 1.35 bits per heavy atom. The average molecular weight is 273 g/mol. The van der Waals surface area contributed by atoms with Gasteiger partial charge in [0.25, 0.3) is 0 Å². The van der Waals surface area contributed by atoms with E-state index in [1.807, 2.05) is 37.3 Å². The Morgan fingerprint density at radius 3 is 2.70 bits per heavy atom. The summed E-state index contributed by atoms with van der Waals surface area (Å²) in [4.78, 5) is 22.6. The molecule has 0 saturated heterocycles. The van der Waals surface area contributed by atoms with Crippen molar-refractivity contribution in [2.24, 2.45) is 0 Å². The SMILES string of the molecule is CC(C(=O)Nc1cnn(CC(=O)O)c1)c1ccccc1. The number of benzene rings is 1. The minimum atomic E-state index is -0.983. The van der Waals surface area contributed by atoms with Crippen molar-refractivity contribution in [1.82, 2.24) is 9.78 Å². The molecule has 0 radical (unpaired) electrons. The van der Waals surface area contributed by atoms with Gasteiger partial charge in [0.2, 0.25) is 5.91 Å². The van der Waals surface area contributed by atoms with E-state index in [9.17, 15) is 9.59 Å². The first-order valence-corrected chi connectivity index (χ1v) is 6.16. The van der Waals surface area contributed by atoms with E-state index in [1.165, 1.54) is 17.1 Å². The number of carbonyl (C=O) groups is 2. The Kier molecular flexibility index (Phi) is 4.14. The maximum absolute atomic E-state index is 12.1. The molecule has 1 amide bonds. The van der Waals surface area contributed by atoms with Crippen LogP contribution in [0, 0.1) is 0 Å². The minimum Gasteiger partial charge on any atom is -0.480 e. The molecule has 0 aliphatic rings. The van der Waals surface area contributed by atoms with Crippen molar-refractivity contribution >= 4 is 17.6 Å². The number of aliphatic carboxylic acids is 1. The molecule has 20 heavy (non-hydrogen) atoms. The van der Waals surface area contributed by atoms with Crippen LogP contribution in [0.5, 0.6) is 0 Å². The van der Waals surface area contributed by atoms with Crippen LogP contribution in [0.15, 0.2) is 42.7 Å². The van der Waals surface area contributed by atoms with Crippen LogP contribution in [-0.2, 0) is 16.1 Å². The number of aromatic nitrogens is 2. The number of carboxylic acid groups (broad SMARTS) is 1. The lowest BCUT2D eigenvalue weighted by Gasteiger charge is -2.11. The van der Waals surface area contributed by atoms with Crippen LogP contribution in [0.4, 0.5) is 5.69 Å². The highest BCUT2D eigenvalue weighted by Gasteiger charge is 2.15. The van der Waals surface area contributed by atoms with Gasteiger partial charge in [-0.25, -0.2) is 0 Å². The van der Waals surface area contributed by atoms with E-state index in [1.54, 1.807) is 0 Å². The molecule has 0 aliphatic carbocycles. The van der Waals surface area contributed by atoms with Crippen molar-refractivity contribution in [3.8, 4) is 0 Å². The molecule has 2 aromatic rings. The summed E-state index contributed by atoms with van der Waals surface area (Å²) in [6.45, 7) is 1.58. The van der Waals surface area contributed by atoms with Crippen molar-refractivity contribution in [2.45, 2.75) is 19.4 Å². The standard InChI is InChI=1S/C14H15N3O3/c1-10(11-5-3-2-4-6-11)14(20)16-12-7-15-17(8-12)9-13(18)19/h2-8,10H,9H2,1H3,(H,16,20)(H,18,19). The molecule has 0 fully saturated rings. The van der Waals surface area contributed by atoms with Gasteiger partial charge in [0.15, 0.2) is 0 Å². The first-order valence-electron chi connectivity index (χ1n) is 6.16. The van der Waals surface area contributed by atoms with E-state index in [-0.39, 0.29) is 18.4 Å². The number of nitrogens with one attached hydrogen (secondary N) is 1. The van der Waals surface area contributed by atoms with E-state index in [2.05, 4.69) is 10.4 Å². The summed E-state index contributed by atoms with van der Waals surface area (Å²) in [5.74, 6) is -1.44. The molecule has 0 spiro atoms. The molecule has 0 saturated carbocycles. The van der Waals surface area contributed by atoms with Crippen LogP contribution in [0.3, 0.4) is 0 Å². The molecule has 2 rings (SSSR count). The van der Waals surface area contributed by atoms with Crippen molar-refractivity contribution in [2.75, 3.05) is 5.32 Å². The highest BCUT2D eigenvalue weighted by molar-refractivity contribution is 5.95. The Labute approximate surface area is 116 Å². The Bertz CT molecular complexity index is 607. The average Bonchev–Trinajstić information content (AvgIpc) is 2.85. The summed E-state index contributed by atoms with van der Waals surface area (Å²) in [6, 6.07) is 9.42. The van der Waals surface area contributed by atoms with Crippen molar-refractivity contribution < 1.29 is 14.7 Å². The van der Waals surface area contributed by atoms with Gasteiger partial charge in [0.05, 0.1) is 17.8 Å². The highest BCUT2D eigenvalue weighted by Crippen LogP contribution is 2.17. The van der Waals surface area contributed by atoms with Crippen molar-refractivity contribution in [1.29, 1.82) is 0 Å². The molecule has 6 nitrogen and oxygen atoms in total. The molecule has 104 valence electrons. The molecule has 1 aromatic heterocycles. The predicted molar refractivity (Wildman–Crippen MR) is 73.3 cm³/mol. The zero-order valence-corrected chi connectivity index (χ0v) is 11.0. The number of anilines is 1. The van der Waals surface area contributed by atoms with E-state index in [4.69, 9.17) is 5.11 Å². The maximum atomic E-state index is 12.1. The monoisotopic (exact) mass is 273 g/mol. The number of carbonyl (C=O) groups excluding carboxylic acids is 1. The van der Waals surface area contributed by atoms with Crippen LogP contribution in [0.25, 0.3) is 0 Å². The van der Waals surface area contributed by atoms with Gasteiger partial charge in [0, 0.05) is 6.20 Å². The number of hydrogen-bond donors (Lipinski definition) is 2. The van der Waals surface area contributed by atoms with E-state index in [0.29, 0.717) is 5.69 Å². The molecule has 0 aliphatic heterocycles. The summed E-state index contributed by atoms with van der Waals surface area (Å²) in [5, 5.41) is 15.2. The van der Waals surface area contributed by atoms with Gasteiger partial charge in [-0.15, -0.1) is 0 Å². The van der Waals surface area contributed by atoms with Crippen LogP contribution < -0.4 is 5.32 Å². The molecule has 0 bridgehead atoms. The Balaban J connectivity index is 2.01. The van der Waals surface area contributed by atoms with Crippen LogP contribution in [0.2, 0.25) is 0 Å². The topological polar surface area (TPSA) is 84.2 Å². The quantitative estimate of drug-likeness (QED) is 0.868. The molecule has 1 atom stereocenters. The second kappa shape index (κ2) is 6.01. The number of amides is 1. The summed E-state index contributed by atoms with van der Waals surface area (Å²) < 4.78 is 1.26. The zero-order valence-electron chi connectivity index (χ0n) is 11.0. The minimum absolute atomic E-state index is 0.161. The molecule has 2 N–H and O–H groups in total. The van der Waals surface area contributed by atoms with E-state index >= 15 is 0 Å². The van der Waals surface area contributed by atoms with Crippen LogP contribution in [0.1, 0.15) is 18.4 Å². The first-order chi connectivity index (χ1) is 9.56. The van der Waals surface area contributed by atoms with Crippen LogP contribution >= 0.6 is 0 Å². The van der Waals surface area contributed by atoms with Crippen molar-refractivity contribution in [3.63, 3.8) is 0 Å². The van der Waals surface area contributed by atoms with E-state index in [0.717, 1.165) is 5.56 Å². The number of carboxylic acids is 1. The van der Waals surface area contributed by atoms with Crippen molar-refractivity contribution in [3.05, 3.63) is 48.3 Å². The Morgan fingerprint density at radius 2 is 2.05 bits per heavy atom. The fourth-order valence-electron chi connectivity index (χ4n) is 1.80. The second-order valence-electron chi connectivity index (χ2n) is 4.44. The third-order valence-corrected chi connectivity index (χ3v) is 2.89. The lowest BCUT2D eigenvalue weighted by Crippen LogP contribution is -2.18. The molecular weight excluding hydrogens is 258 g/mol. The van der Waals surface area contributed by atoms with Gasteiger partial charge in [-0.3, -0.25) is 14.3 Å². The molecule has 6 heteroatoms. The highest BCUT2D eigenvalue weighted by atomic mass is 16.4. The first kappa shape index (κ1) is 13.8. The third-order valence-electron chi connectivity index (χ3n) is 2.89. The van der Waals surface area contributed by atoms with Crippen LogP contribution in [-0.4, -0.2) is 26.8 Å². The molecule has 1 unspecified atom stereocenters. The summed E-state index contributed by atoms with van der Waals surface area (Å²) in [6.07, 6.45) is 2.92. The summed E-state index contributed by atoms with van der Waals surface area (Å²) in [7, 11) is 0. The molecule has 1 aromatic carbocycles. The fourth-order valence-corrected chi connectivity index (χ4v) is 1.80. The number of rotatable bonds is 5. The summed E-state index contributed by atoms with van der Waals surface area (Å²) >= 11 is 0. The van der Waals surface area contributed by atoms with Gasteiger partial charge >= 0.3 is 5.97 Å². The zero-order chi connectivity index (χ0) is 14.5. The van der Waals surface area contributed by atoms with Gasteiger partial charge in [-0.2, -0.15) is 5.10 Å². The smallest absolute Gasteiger partial charge is 0.325 e. The summed E-state index contributed by atoms with van der Waals surface area (Å²) in [5.41, 5.74) is 1.40. The lowest BCUT2D eigenvalue weighted by molar-refractivity contribution is -0.137. The molecule has 1 heterocycles. The maximum Gasteiger partial charge on any atom is 0.325 e. The van der Waals surface area contributed by atoms with Gasteiger partial charge in [-0.1, -0.05) is 30.3 Å². The van der Waals surface area contributed by atoms with Gasteiger partial charge < -0.3 is 10.4 Å². The number of nitrogens with zero attached hydrogens (tertiary/aromatic N) is 2. The van der Waals surface area contributed by atoms with E-state index < -0.39 is 5.97 Å². The normalized spacial score (nSPS) is 11.8. The second-order valence-corrected chi connectivity index (χ2v) is 4.44.